The van der Waals surface area contributed by atoms with Crippen molar-refractivity contribution in [3.05, 3.63) is 12.2 Å². The molecule has 0 aromatic heterocycles. The molecule has 0 aromatic carbocycles. The van der Waals surface area contributed by atoms with E-state index < -0.39 is 5.60 Å². The molecule has 0 saturated carbocycles. The van der Waals surface area contributed by atoms with E-state index in [2.05, 4.69) is 20.4 Å². The van der Waals surface area contributed by atoms with E-state index in [9.17, 15) is 4.79 Å². The lowest BCUT2D eigenvalue weighted by molar-refractivity contribution is -0.157. The first-order valence-corrected chi connectivity index (χ1v) is 8.24. The van der Waals surface area contributed by atoms with Crippen LogP contribution in [0.2, 0.25) is 0 Å². The van der Waals surface area contributed by atoms with E-state index in [-0.39, 0.29) is 5.97 Å². The van der Waals surface area contributed by atoms with Gasteiger partial charge in [-0.25, -0.2) is 4.79 Å². The molecule has 118 valence electrons. The number of carbonyl (C=O) groups excluding carboxylic acids is 1. The van der Waals surface area contributed by atoms with Crippen LogP contribution in [0.5, 0.6) is 0 Å². The summed E-state index contributed by atoms with van der Waals surface area (Å²) < 4.78 is 5.68. The Hall–Kier alpha value is -0.790. The molecule has 0 N–H and O–H groups in total. The van der Waals surface area contributed by atoms with Gasteiger partial charge in [-0.2, -0.15) is 0 Å². The molecular formula is C18H34O2. The van der Waals surface area contributed by atoms with Crippen molar-refractivity contribution in [2.24, 2.45) is 5.92 Å². The van der Waals surface area contributed by atoms with E-state index in [1.807, 2.05) is 13.8 Å². The van der Waals surface area contributed by atoms with Gasteiger partial charge < -0.3 is 4.74 Å². The molecule has 0 aromatic rings. The smallest absolute Gasteiger partial charge is 0.333 e. The average Bonchev–Trinajstić information content (AvgIpc) is 2.36. The number of carbonyl (C=O) groups is 1. The first kappa shape index (κ1) is 19.2. The van der Waals surface area contributed by atoms with Crippen molar-refractivity contribution in [3.63, 3.8) is 0 Å². The summed E-state index contributed by atoms with van der Waals surface area (Å²) in [5, 5.41) is 0. The highest BCUT2D eigenvalue weighted by Gasteiger charge is 2.32. The van der Waals surface area contributed by atoms with Crippen LogP contribution in [0.15, 0.2) is 12.2 Å². The fourth-order valence-corrected chi connectivity index (χ4v) is 2.52. The Balaban J connectivity index is 4.54. The summed E-state index contributed by atoms with van der Waals surface area (Å²) in [4.78, 5) is 11.8. The van der Waals surface area contributed by atoms with Gasteiger partial charge in [-0.1, -0.05) is 59.0 Å². The van der Waals surface area contributed by atoms with Crippen LogP contribution < -0.4 is 0 Å². The van der Waals surface area contributed by atoms with E-state index in [1.165, 1.54) is 38.5 Å². The van der Waals surface area contributed by atoms with Gasteiger partial charge in [0.05, 0.1) is 0 Å². The molecule has 0 radical (unpaired) electrons. The van der Waals surface area contributed by atoms with Gasteiger partial charge in [0.1, 0.15) is 5.60 Å². The van der Waals surface area contributed by atoms with Crippen LogP contribution in [0.25, 0.3) is 0 Å². The molecule has 0 bridgehead atoms. The minimum atomic E-state index is -0.391. The van der Waals surface area contributed by atoms with Gasteiger partial charge >= 0.3 is 5.97 Å². The lowest BCUT2D eigenvalue weighted by Gasteiger charge is -2.34. The molecule has 0 aliphatic heterocycles. The van der Waals surface area contributed by atoms with E-state index in [4.69, 9.17) is 4.74 Å². The second-order valence-electron chi connectivity index (χ2n) is 6.46. The number of esters is 1. The zero-order chi connectivity index (χ0) is 15.6. The number of hydrogen-bond acceptors (Lipinski definition) is 2. The van der Waals surface area contributed by atoms with Gasteiger partial charge in [0.15, 0.2) is 0 Å². The summed E-state index contributed by atoms with van der Waals surface area (Å²) in [6.07, 6.45) is 9.75. The third-order valence-corrected chi connectivity index (χ3v) is 4.00. The maximum atomic E-state index is 11.8. The monoisotopic (exact) mass is 282 g/mol. The van der Waals surface area contributed by atoms with Crippen LogP contribution >= 0.6 is 0 Å². The Labute approximate surface area is 126 Å². The maximum Gasteiger partial charge on any atom is 0.333 e. The zero-order valence-electron chi connectivity index (χ0n) is 14.3. The van der Waals surface area contributed by atoms with Crippen LogP contribution in [-0.2, 0) is 9.53 Å². The van der Waals surface area contributed by atoms with Crippen molar-refractivity contribution >= 4 is 5.97 Å². The Morgan fingerprint density at radius 2 is 1.60 bits per heavy atom. The lowest BCUT2D eigenvalue weighted by atomic mass is 9.82. The SMILES string of the molecule is C=C(C)C(=O)OC(C)(C)C(CCCC)CCCCCC. The van der Waals surface area contributed by atoms with Crippen LogP contribution in [0.4, 0.5) is 0 Å². The largest absolute Gasteiger partial charge is 0.456 e. The Morgan fingerprint density at radius 1 is 1.05 bits per heavy atom. The molecule has 0 aliphatic rings. The summed E-state index contributed by atoms with van der Waals surface area (Å²) in [6.45, 7) is 13.9. The molecule has 1 unspecified atom stereocenters. The molecule has 2 nitrogen and oxygen atoms in total. The van der Waals surface area contributed by atoms with E-state index in [0.29, 0.717) is 11.5 Å². The van der Waals surface area contributed by atoms with Gasteiger partial charge in [0, 0.05) is 5.57 Å². The van der Waals surface area contributed by atoms with Gasteiger partial charge in [-0.3, -0.25) is 0 Å². The summed E-state index contributed by atoms with van der Waals surface area (Å²) in [7, 11) is 0. The Kier molecular flexibility index (Phi) is 9.62. The van der Waals surface area contributed by atoms with Gasteiger partial charge in [-0.05, 0) is 39.5 Å². The maximum absolute atomic E-state index is 11.8. The van der Waals surface area contributed by atoms with Crippen molar-refractivity contribution in [3.8, 4) is 0 Å². The van der Waals surface area contributed by atoms with Crippen LogP contribution in [0.3, 0.4) is 0 Å². The summed E-state index contributed by atoms with van der Waals surface area (Å²) in [5.41, 5.74) is 0.0931. The average molecular weight is 282 g/mol. The quantitative estimate of drug-likeness (QED) is 0.277. The molecule has 0 aliphatic carbocycles. The lowest BCUT2D eigenvalue weighted by Crippen LogP contribution is -2.37. The standard InChI is InChI=1S/C18H34O2/c1-7-9-11-12-14-16(13-10-8-2)18(5,6)20-17(19)15(3)4/h16H,3,7-14H2,1-2,4-6H3. The molecule has 2 heteroatoms. The first-order valence-electron chi connectivity index (χ1n) is 8.24. The van der Waals surface area contributed by atoms with E-state index >= 15 is 0 Å². The minimum absolute atomic E-state index is 0.259. The van der Waals surface area contributed by atoms with Crippen molar-refractivity contribution in [2.45, 2.75) is 91.6 Å². The highest BCUT2D eigenvalue weighted by atomic mass is 16.6. The van der Waals surface area contributed by atoms with Crippen molar-refractivity contribution in [1.29, 1.82) is 0 Å². The third-order valence-electron chi connectivity index (χ3n) is 4.00. The van der Waals surface area contributed by atoms with Gasteiger partial charge in [-0.15, -0.1) is 0 Å². The molecule has 20 heavy (non-hydrogen) atoms. The Morgan fingerprint density at radius 3 is 2.10 bits per heavy atom. The molecule has 0 heterocycles. The first-order chi connectivity index (χ1) is 9.35. The molecule has 0 amide bonds. The second kappa shape index (κ2) is 10.0. The highest BCUT2D eigenvalue weighted by Crippen LogP contribution is 2.31. The van der Waals surface area contributed by atoms with Crippen LogP contribution in [0, 0.1) is 5.92 Å². The molecule has 0 saturated heterocycles. The van der Waals surface area contributed by atoms with E-state index in [1.54, 1.807) is 6.92 Å². The Bertz CT molecular complexity index is 292. The van der Waals surface area contributed by atoms with Crippen molar-refractivity contribution in [2.75, 3.05) is 0 Å². The van der Waals surface area contributed by atoms with Crippen molar-refractivity contribution in [1.82, 2.24) is 0 Å². The zero-order valence-corrected chi connectivity index (χ0v) is 14.3. The minimum Gasteiger partial charge on any atom is -0.456 e. The fraction of sp³-hybridized carbons (Fsp3) is 0.833. The van der Waals surface area contributed by atoms with Crippen LogP contribution in [0.1, 0.15) is 86.0 Å². The topological polar surface area (TPSA) is 26.3 Å². The number of unbranched alkanes of at least 4 members (excludes halogenated alkanes) is 4. The summed E-state index contributed by atoms with van der Waals surface area (Å²) in [6, 6.07) is 0. The number of ether oxygens (including phenoxy) is 1. The summed E-state index contributed by atoms with van der Waals surface area (Å²) >= 11 is 0. The normalized spacial score (nSPS) is 13.1. The van der Waals surface area contributed by atoms with Gasteiger partial charge in [0.2, 0.25) is 0 Å². The van der Waals surface area contributed by atoms with Gasteiger partial charge in [0.25, 0.3) is 0 Å². The fourth-order valence-electron chi connectivity index (χ4n) is 2.52. The molecular weight excluding hydrogens is 248 g/mol. The molecule has 1 atom stereocenters. The van der Waals surface area contributed by atoms with Crippen molar-refractivity contribution < 1.29 is 9.53 Å². The second-order valence-corrected chi connectivity index (χ2v) is 6.46. The molecule has 0 spiro atoms. The third kappa shape index (κ3) is 7.72. The van der Waals surface area contributed by atoms with E-state index in [0.717, 1.165) is 12.8 Å². The number of rotatable bonds is 11. The highest BCUT2D eigenvalue weighted by molar-refractivity contribution is 5.87. The molecule has 0 fully saturated rings. The predicted molar refractivity (Wildman–Crippen MR) is 86.8 cm³/mol. The number of hydrogen-bond donors (Lipinski definition) is 0. The predicted octanol–water partition coefficient (Wildman–Crippen LogP) is 5.66. The summed E-state index contributed by atoms with van der Waals surface area (Å²) in [5.74, 6) is 0.188. The van der Waals surface area contributed by atoms with Crippen LogP contribution in [-0.4, -0.2) is 11.6 Å². The molecule has 0 rings (SSSR count).